The van der Waals surface area contributed by atoms with Gasteiger partial charge in [0, 0.05) is 4.83 Å². The zero-order valence-corrected chi connectivity index (χ0v) is 13.1. The summed E-state index contributed by atoms with van der Waals surface area (Å²) in [4.78, 5) is 12.6. The Morgan fingerprint density at radius 1 is 1.39 bits per heavy atom. The number of carbonyl (C=O) groups excluding carboxylic acids is 1. The van der Waals surface area contributed by atoms with Crippen LogP contribution >= 0.6 is 15.9 Å². The van der Waals surface area contributed by atoms with Gasteiger partial charge < -0.3 is 4.74 Å². The normalized spacial score (nSPS) is 48.9. The number of hydrogen-bond acceptors (Lipinski definition) is 2. The summed E-state index contributed by atoms with van der Waals surface area (Å²) in [6.45, 7) is 4.79. The fourth-order valence-corrected chi connectivity index (χ4v) is 6.43. The number of halogens is 1. The minimum absolute atomic E-state index is 0.0316. The van der Waals surface area contributed by atoms with Gasteiger partial charge in [0.15, 0.2) is 0 Å². The summed E-state index contributed by atoms with van der Waals surface area (Å²) in [6, 6.07) is 0. The summed E-state index contributed by atoms with van der Waals surface area (Å²) in [5.41, 5.74) is 0.750. The first-order valence-electron chi connectivity index (χ1n) is 7.15. The number of carbonyl (C=O) groups is 1. The minimum Gasteiger partial charge on any atom is -0.469 e. The molecule has 2 bridgehead atoms. The van der Waals surface area contributed by atoms with Gasteiger partial charge in [0.25, 0.3) is 0 Å². The maximum Gasteiger partial charge on any atom is 0.308 e. The number of esters is 1. The zero-order chi connectivity index (χ0) is 13.1. The van der Waals surface area contributed by atoms with Crippen LogP contribution in [0, 0.1) is 28.6 Å². The van der Waals surface area contributed by atoms with Crippen molar-refractivity contribution in [2.24, 2.45) is 28.6 Å². The van der Waals surface area contributed by atoms with Gasteiger partial charge in [-0.05, 0) is 48.3 Å². The van der Waals surface area contributed by atoms with E-state index in [4.69, 9.17) is 4.74 Å². The third kappa shape index (κ3) is 1.43. The Bertz CT molecular complexity index is 379. The molecular weight excluding hydrogens is 292 g/mol. The molecule has 0 N–H and O–H groups in total. The van der Waals surface area contributed by atoms with Crippen LogP contribution in [0.15, 0.2) is 0 Å². The van der Waals surface area contributed by atoms with Gasteiger partial charge in [0.2, 0.25) is 0 Å². The molecule has 5 atom stereocenters. The molecule has 3 saturated carbocycles. The van der Waals surface area contributed by atoms with Gasteiger partial charge in [0.05, 0.1) is 13.0 Å². The Hall–Kier alpha value is -0.0500. The summed E-state index contributed by atoms with van der Waals surface area (Å²) in [5.74, 6) is 1.52. The summed E-state index contributed by atoms with van der Waals surface area (Å²) >= 11 is 4.00. The molecule has 0 unspecified atom stereocenters. The number of methoxy groups -OCH3 is 1. The highest BCUT2D eigenvalue weighted by Gasteiger charge is 2.67. The summed E-state index contributed by atoms with van der Waals surface area (Å²) in [5, 5.41) is 0. The largest absolute Gasteiger partial charge is 0.469 e. The molecule has 2 nitrogen and oxygen atoms in total. The van der Waals surface area contributed by atoms with Gasteiger partial charge in [0.1, 0.15) is 0 Å². The highest BCUT2D eigenvalue weighted by Crippen LogP contribution is 2.72. The molecule has 3 fully saturated rings. The lowest BCUT2D eigenvalue weighted by atomic mass is 9.57. The van der Waals surface area contributed by atoms with Crippen molar-refractivity contribution in [1.29, 1.82) is 0 Å². The second-order valence-corrected chi connectivity index (χ2v) is 8.10. The lowest BCUT2D eigenvalue weighted by molar-refractivity contribution is -0.152. The molecule has 3 aliphatic rings. The second-order valence-electron chi connectivity index (χ2n) is 7.18. The number of fused-ring (bicyclic) bond motifs is 1. The third-order valence-corrected chi connectivity index (χ3v) is 8.35. The van der Waals surface area contributed by atoms with Crippen LogP contribution in [0.5, 0.6) is 0 Å². The van der Waals surface area contributed by atoms with E-state index in [2.05, 4.69) is 29.8 Å². The molecule has 18 heavy (non-hydrogen) atoms. The second kappa shape index (κ2) is 3.97. The van der Waals surface area contributed by atoms with Crippen LogP contribution in [0.2, 0.25) is 0 Å². The Labute approximate surface area is 118 Å². The van der Waals surface area contributed by atoms with Crippen molar-refractivity contribution in [3.63, 3.8) is 0 Å². The predicted molar refractivity (Wildman–Crippen MR) is 74.5 cm³/mol. The fraction of sp³-hybridized carbons (Fsp3) is 0.933. The van der Waals surface area contributed by atoms with Crippen molar-refractivity contribution in [2.45, 2.75) is 50.8 Å². The van der Waals surface area contributed by atoms with Crippen LogP contribution in [0.3, 0.4) is 0 Å². The number of alkyl halides is 1. The first-order valence-corrected chi connectivity index (χ1v) is 8.07. The molecular formula is C15H23BrO2. The molecule has 0 aromatic heterocycles. The van der Waals surface area contributed by atoms with Crippen LogP contribution in [-0.2, 0) is 9.53 Å². The van der Waals surface area contributed by atoms with Crippen LogP contribution in [-0.4, -0.2) is 17.9 Å². The van der Waals surface area contributed by atoms with E-state index in [1.54, 1.807) is 0 Å². The van der Waals surface area contributed by atoms with Gasteiger partial charge in [-0.1, -0.05) is 36.2 Å². The third-order valence-electron chi connectivity index (χ3n) is 6.26. The Morgan fingerprint density at radius 2 is 2.11 bits per heavy atom. The lowest BCUT2D eigenvalue weighted by Crippen LogP contribution is -2.49. The highest BCUT2D eigenvalue weighted by atomic mass is 79.9. The van der Waals surface area contributed by atoms with Crippen molar-refractivity contribution >= 4 is 21.9 Å². The van der Waals surface area contributed by atoms with E-state index in [1.807, 2.05) is 0 Å². The van der Waals surface area contributed by atoms with E-state index in [-0.39, 0.29) is 11.9 Å². The molecule has 3 rings (SSSR count). The van der Waals surface area contributed by atoms with Gasteiger partial charge in [-0.2, -0.15) is 0 Å². The number of rotatable bonds is 1. The molecule has 0 radical (unpaired) electrons. The highest BCUT2D eigenvalue weighted by molar-refractivity contribution is 9.09. The maximum atomic E-state index is 12.0. The fourth-order valence-electron chi connectivity index (χ4n) is 5.31. The van der Waals surface area contributed by atoms with Gasteiger partial charge in [-0.3, -0.25) is 4.79 Å². The minimum atomic E-state index is 0.0316. The molecule has 0 amide bonds. The quantitative estimate of drug-likeness (QED) is 0.544. The maximum absolute atomic E-state index is 12.0. The van der Waals surface area contributed by atoms with Crippen molar-refractivity contribution < 1.29 is 9.53 Å². The molecule has 102 valence electrons. The first kappa shape index (κ1) is 13.0. The molecule has 0 heterocycles. The van der Waals surface area contributed by atoms with Crippen molar-refractivity contribution in [2.75, 3.05) is 7.11 Å². The van der Waals surface area contributed by atoms with Gasteiger partial charge in [-0.25, -0.2) is 0 Å². The van der Waals surface area contributed by atoms with E-state index >= 15 is 0 Å². The Balaban J connectivity index is 1.94. The van der Waals surface area contributed by atoms with E-state index in [0.29, 0.717) is 21.6 Å². The van der Waals surface area contributed by atoms with Crippen molar-refractivity contribution in [1.82, 2.24) is 0 Å². The molecule has 1 spiro atoms. The smallest absolute Gasteiger partial charge is 0.308 e. The van der Waals surface area contributed by atoms with Crippen LogP contribution in [0.4, 0.5) is 0 Å². The zero-order valence-electron chi connectivity index (χ0n) is 11.5. The molecule has 0 saturated heterocycles. The SMILES string of the molecule is COC(=O)[C@@H]1CCC[C@]23C[C@@H](C[C@H]12)C(C)(C)[C@H]3Br. The van der Waals surface area contributed by atoms with Crippen molar-refractivity contribution in [3.05, 3.63) is 0 Å². The summed E-state index contributed by atoms with van der Waals surface area (Å²) in [6.07, 6.45) is 6.05. The van der Waals surface area contributed by atoms with Crippen LogP contribution in [0.1, 0.15) is 46.0 Å². The van der Waals surface area contributed by atoms with Gasteiger partial charge in [-0.15, -0.1) is 0 Å². The predicted octanol–water partition coefficient (Wildman–Crippen LogP) is 3.78. The van der Waals surface area contributed by atoms with E-state index < -0.39 is 0 Å². The molecule has 0 aromatic rings. The molecule has 3 aliphatic carbocycles. The van der Waals surface area contributed by atoms with Crippen LogP contribution in [0.25, 0.3) is 0 Å². The standard InChI is InChI=1S/C15H23BrO2/c1-14(2)9-7-11-10(12(17)18-3)5-4-6-15(11,8-9)13(14)16/h9-11,13H,4-8H2,1-3H3/t9-,10-,11-,13-,15+/m1/s1. The Kier molecular flexibility index (Phi) is 2.86. The van der Waals surface area contributed by atoms with E-state index in [9.17, 15) is 4.79 Å². The molecule has 0 aromatic carbocycles. The van der Waals surface area contributed by atoms with Gasteiger partial charge >= 0.3 is 5.97 Å². The number of hydrogen-bond donors (Lipinski definition) is 0. The van der Waals surface area contributed by atoms with Crippen LogP contribution < -0.4 is 0 Å². The lowest BCUT2D eigenvalue weighted by Gasteiger charge is -2.50. The Morgan fingerprint density at radius 3 is 2.72 bits per heavy atom. The molecule has 0 aliphatic heterocycles. The first-order chi connectivity index (χ1) is 8.43. The van der Waals surface area contributed by atoms with E-state index in [0.717, 1.165) is 12.3 Å². The number of ether oxygens (including phenoxy) is 1. The summed E-state index contributed by atoms with van der Waals surface area (Å²) in [7, 11) is 1.53. The monoisotopic (exact) mass is 314 g/mol. The average molecular weight is 315 g/mol. The molecule has 3 heteroatoms. The topological polar surface area (TPSA) is 26.3 Å². The average Bonchev–Trinajstić information content (AvgIpc) is 2.83. The van der Waals surface area contributed by atoms with E-state index in [1.165, 1.54) is 32.8 Å². The summed E-state index contributed by atoms with van der Waals surface area (Å²) < 4.78 is 5.04. The van der Waals surface area contributed by atoms with Crippen molar-refractivity contribution in [3.8, 4) is 0 Å².